The number of carbonyl (C=O) groups is 1. The Morgan fingerprint density at radius 1 is 1.41 bits per heavy atom. The molecule has 122 valence electrons. The largest absolute Gasteiger partial charge is 0.388 e. The van der Waals surface area contributed by atoms with Crippen LogP contribution in [-0.4, -0.2) is 46.2 Å². The van der Waals surface area contributed by atoms with Gasteiger partial charge in [0.1, 0.15) is 0 Å². The van der Waals surface area contributed by atoms with Crippen LogP contribution >= 0.6 is 24.2 Å². The first-order valence-electron chi connectivity index (χ1n) is 7.60. The van der Waals surface area contributed by atoms with Crippen molar-refractivity contribution in [3.05, 3.63) is 35.9 Å². The molecule has 1 aromatic rings. The molecule has 1 aromatic carbocycles. The lowest BCUT2D eigenvalue weighted by Gasteiger charge is -2.28. The summed E-state index contributed by atoms with van der Waals surface area (Å²) in [5.74, 6) is 1.94. The maximum Gasteiger partial charge on any atom is 0.240 e. The van der Waals surface area contributed by atoms with Crippen molar-refractivity contribution < 1.29 is 9.90 Å². The number of carbonyl (C=O) groups excluding carboxylic acids is 1. The summed E-state index contributed by atoms with van der Waals surface area (Å²) < 4.78 is 0. The highest BCUT2D eigenvalue weighted by Gasteiger charge is 2.35. The van der Waals surface area contributed by atoms with E-state index < -0.39 is 6.10 Å². The van der Waals surface area contributed by atoms with Gasteiger partial charge in [0.05, 0.1) is 12.1 Å². The number of aliphatic hydroxyl groups excluding tert-OH is 1. The number of benzene rings is 1. The number of aliphatic hydroxyl groups is 1. The van der Waals surface area contributed by atoms with Gasteiger partial charge in [-0.15, -0.1) is 24.2 Å². The van der Waals surface area contributed by atoms with E-state index >= 15 is 0 Å². The molecule has 3 rings (SSSR count). The molecule has 2 aliphatic rings. The van der Waals surface area contributed by atoms with E-state index in [0.717, 1.165) is 36.6 Å². The highest BCUT2D eigenvalue weighted by Crippen LogP contribution is 2.28. The van der Waals surface area contributed by atoms with E-state index in [1.54, 1.807) is 11.8 Å². The molecular weight excluding hydrogens is 320 g/mol. The Morgan fingerprint density at radius 2 is 2.18 bits per heavy atom. The summed E-state index contributed by atoms with van der Waals surface area (Å²) in [5.41, 5.74) is 0.936. The molecule has 2 fully saturated rings. The molecule has 2 heterocycles. The molecule has 0 spiro atoms. The third kappa shape index (κ3) is 3.96. The van der Waals surface area contributed by atoms with Gasteiger partial charge in [-0.05, 0) is 24.8 Å². The molecule has 0 aromatic heterocycles. The van der Waals surface area contributed by atoms with E-state index in [1.807, 2.05) is 35.2 Å². The normalized spacial score (nSPS) is 25.8. The van der Waals surface area contributed by atoms with Gasteiger partial charge in [0, 0.05) is 24.2 Å². The minimum absolute atomic E-state index is 0. The van der Waals surface area contributed by atoms with Gasteiger partial charge in [-0.1, -0.05) is 30.3 Å². The van der Waals surface area contributed by atoms with Gasteiger partial charge in [0.25, 0.3) is 0 Å². The Labute approximate surface area is 142 Å². The number of halogens is 1. The average molecular weight is 343 g/mol. The van der Waals surface area contributed by atoms with Crippen molar-refractivity contribution in [1.82, 2.24) is 10.2 Å². The number of rotatable bonds is 4. The number of hydrogen-bond acceptors (Lipinski definition) is 4. The van der Waals surface area contributed by atoms with Gasteiger partial charge in [-0.2, -0.15) is 0 Å². The van der Waals surface area contributed by atoms with Crippen LogP contribution < -0.4 is 5.32 Å². The third-order valence-corrected chi connectivity index (χ3v) is 5.29. The zero-order valence-electron chi connectivity index (χ0n) is 12.5. The van der Waals surface area contributed by atoms with E-state index in [2.05, 4.69) is 5.32 Å². The highest BCUT2D eigenvalue weighted by molar-refractivity contribution is 7.99. The Bertz CT molecular complexity index is 482. The molecule has 2 unspecified atom stereocenters. The maximum absolute atomic E-state index is 12.5. The summed E-state index contributed by atoms with van der Waals surface area (Å²) in [5, 5.41) is 13.6. The van der Waals surface area contributed by atoms with Crippen molar-refractivity contribution >= 4 is 30.1 Å². The second kappa shape index (κ2) is 8.20. The van der Waals surface area contributed by atoms with Crippen molar-refractivity contribution in [3.63, 3.8) is 0 Å². The topological polar surface area (TPSA) is 52.6 Å². The van der Waals surface area contributed by atoms with E-state index in [-0.39, 0.29) is 30.4 Å². The predicted octanol–water partition coefficient (Wildman–Crippen LogP) is 2.19. The molecule has 22 heavy (non-hydrogen) atoms. The number of amides is 1. The zero-order valence-corrected chi connectivity index (χ0v) is 14.1. The molecular formula is C16H23ClN2O2S. The fourth-order valence-corrected chi connectivity index (χ4v) is 4.13. The fraction of sp³-hybridized carbons (Fsp3) is 0.562. The number of likely N-dealkylation sites (tertiary alicyclic amines) is 1. The summed E-state index contributed by atoms with van der Waals surface area (Å²) in [6.07, 6.45) is 2.18. The first kappa shape index (κ1) is 17.6. The van der Waals surface area contributed by atoms with E-state index in [1.165, 1.54) is 0 Å². The first-order chi connectivity index (χ1) is 10.3. The summed E-state index contributed by atoms with van der Waals surface area (Å²) in [6.45, 7) is 0.827. The van der Waals surface area contributed by atoms with Gasteiger partial charge < -0.3 is 10.0 Å². The average Bonchev–Trinajstić information content (AvgIpc) is 3.19. The van der Waals surface area contributed by atoms with Crippen LogP contribution in [0.2, 0.25) is 0 Å². The second-order valence-electron chi connectivity index (χ2n) is 5.76. The van der Waals surface area contributed by atoms with Crippen LogP contribution in [0.4, 0.5) is 0 Å². The maximum atomic E-state index is 12.5. The minimum Gasteiger partial charge on any atom is -0.388 e. The Morgan fingerprint density at radius 3 is 2.86 bits per heavy atom. The highest BCUT2D eigenvalue weighted by atomic mass is 35.5. The van der Waals surface area contributed by atoms with E-state index in [9.17, 15) is 9.90 Å². The number of thioether (sulfide) groups is 1. The Hall–Kier alpha value is -0.750. The Balaban J connectivity index is 0.00000176. The minimum atomic E-state index is -0.490. The van der Waals surface area contributed by atoms with E-state index in [4.69, 9.17) is 0 Å². The molecule has 0 bridgehead atoms. The molecule has 2 aliphatic heterocycles. The van der Waals surface area contributed by atoms with Crippen LogP contribution in [-0.2, 0) is 4.79 Å². The lowest BCUT2D eigenvalue weighted by molar-refractivity contribution is -0.133. The first-order valence-corrected chi connectivity index (χ1v) is 8.76. The van der Waals surface area contributed by atoms with Gasteiger partial charge in [0.15, 0.2) is 0 Å². The van der Waals surface area contributed by atoms with Gasteiger partial charge in [0.2, 0.25) is 5.91 Å². The quantitative estimate of drug-likeness (QED) is 0.880. The third-order valence-electron chi connectivity index (χ3n) is 4.35. The molecule has 0 aliphatic carbocycles. The molecule has 0 radical (unpaired) electrons. The van der Waals surface area contributed by atoms with Gasteiger partial charge >= 0.3 is 0 Å². The lowest BCUT2D eigenvalue weighted by Crippen LogP contribution is -2.47. The molecule has 2 N–H and O–H groups in total. The van der Waals surface area contributed by atoms with Crippen LogP contribution in [0, 0.1) is 0 Å². The number of nitrogens with one attached hydrogen (secondary N) is 1. The molecule has 2 saturated heterocycles. The van der Waals surface area contributed by atoms with Crippen LogP contribution in [0.5, 0.6) is 0 Å². The summed E-state index contributed by atoms with van der Waals surface area (Å²) in [7, 11) is 0. The van der Waals surface area contributed by atoms with Gasteiger partial charge in [-0.3, -0.25) is 10.1 Å². The second-order valence-corrected chi connectivity index (χ2v) is 6.79. The molecule has 4 nitrogen and oxygen atoms in total. The van der Waals surface area contributed by atoms with Crippen LogP contribution in [0.15, 0.2) is 30.3 Å². The molecule has 1 amide bonds. The molecule has 0 saturated carbocycles. The summed E-state index contributed by atoms with van der Waals surface area (Å²) >= 11 is 1.77. The van der Waals surface area contributed by atoms with Gasteiger partial charge in [-0.25, -0.2) is 0 Å². The standard InChI is InChI=1S/C16H22N2O2S.ClH/c19-15(12-5-2-1-3-6-12)9-13-7-4-8-18(13)16(20)14-10-21-11-17-14;/h1-3,5-6,13-15,17,19H,4,7-11H2;1H/t13?,14-,15?;/m1./s1. The summed E-state index contributed by atoms with van der Waals surface area (Å²) in [4.78, 5) is 14.5. The van der Waals surface area contributed by atoms with Crippen LogP contribution in [0.1, 0.15) is 30.9 Å². The Kier molecular flexibility index (Phi) is 6.56. The SMILES string of the molecule is Cl.O=C([C@H]1CSCN1)N1CCCC1CC(O)c1ccccc1. The molecule has 6 heteroatoms. The smallest absolute Gasteiger partial charge is 0.240 e. The monoisotopic (exact) mass is 342 g/mol. The van der Waals surface area contributed by atoms with E-state index in [0.29, 0.717) is 6.42 Å². The fourth-order valence-electron chi connectivity index (χ4n) is 3.19. The number of nitrogens with zero attached hydrogens (tertiary/aromatic N) is 1. The lowest BCUT2D eigenvalue weighted by atomic mass is 10.0. The summed E-state index contributed by atoms with van der Waals surface area (Å²) in [6, 6.07) is 9.85. The molecule has 3 atom stereocenters. The zero-order chi connectivity index (χ0) is 14.7. The van der Waals surface area contributed by atoms with Crippen molar-refractivity contribution in [2.45, 2.75) is 37.5 Å². The predicted molar refractivity (Wildman–Crippen MR) is 92.3 cm³/mol. The van der Waals surface area contributed by atoms with Crippen LogP contribution in [0.3, 0.4) is 0 Å². The van der Waals surface area contributed by atoms with Crippen molar-refractivity contribution in [3.8, 4) is 0 Å². The van der Waals surface area contributed by atoms with Crippen molar-refractivity contribution in [1.29, 1.82) is 0 Å². The van der Waals surface area contributed by atoms with Crippen molar-refractivity contribution in [2.75, 3.05) is 18.2 Å². The number of hydrogen-bond donors (Lipinski definition) is 2. The van der Waals surface area contributed by atoms with Crippen LogP contribution in [0.25, 0.3) is 0 Å². The van der Waals surface area contributed by atoms with Crippen molar-refractivity contribution in [2.24, 2.45) is 0 Å².